The van der Waals surface area contributed by atoms with E-state index in [1.807, 2.05) is 6.92 Å². The number of hydrogen-bond donors (Lipinski definition) is 4. The van der Waals surface area contributed by atoms with Crippen molar-refractivity contribution in [2.75, 3.05) is 0 Å². The molecule has 1 saturated carbocycles. The number of esters is 1. The van der Waals surface area contributed by atoms with Gasteiger partial charge < -0.3 is 25.2 Å². The summed E-state index contributed by atoms with van der Waals surface area (Å²) in [7, 11) is 0. The van der Waals surface area contributed by atoms with Crippen molar-refractivity contribution in [1.82, 2.24) is 0 Å². The topological polar surface area (TPSA) is 124 Å². The van der Waals surface area contributed by atoms with E-state index in [1.54, 1.807) is 0 Å². The molecule has 0 radical (unpaired) electrons. The maximum Gasteiger partial charge on any atom is 0.335 e. The van der Waals surface area contributed by atoms with Crippen LogP contribution in [0.15, 0.2) is 24.3 Å². The number of carbonyl (C=O) groups excluding carboxylic acids is 1. The van der Waals surface area contributed by atoms with Gasteiger partial charge in [-0.15, -0.1) is 0 Å². The molecule has 0 amide bonds. The van der Waals surface area contributed by atoms with E-state index in [4.69, 9.17) is 9.84 Å². The zero-order valence-corrected chi connectivity index (χ0v) is 13.2. The molecule has 24 heavy (non-hydrogen) atoms. The van der Waals surface area contributed by atoms with Crippen molar-refractivity contribution in [2.24, 2.45) is 5.92 Å². The zero-order valence-electron chi connectivity index (χ0n) is 13.2. The largest absolute Gasteiger partial charge is 0.504 e. The second-order valence-electron chi connectivity index (χ2n) is 6.11. The fraction of sp³-hybridized carbons (Fsp3) is 0.412. The van der Waals surface area contributed by atoms with Crippen LogP contribution in [0.5, 0.6) is 11.5 Å². The van der Waals surface area contributed by atoms with E-state index in [1.165, 1.54) is 24.3 Å². The smallest absolute Gasteiger partial charge is 0.335 e. The van der Waals surface area contributed by atoms with Crippen LogP contribution >= 0.6 is 0 Å². The molecule has 7 nitrogen and oxygen atoms in total. The fourth-order valence-corrected chi connectivity index (χ4v) is 2.64. The first-order valence-electron chi connectivity index (χ1n) is 7.58. The molecule has 1 aliphatic rings. The van der Waals surface area contributed by atoms with Crippen LogP contribution in [-0.2, 0) is 14.3 Å². The molecule has 2 rings (SSSR count). The highest BCUT2D eigenvalue weighted by Gasteiger charge is 2.45. The second kappa shape index (κ2) is 6.92. The summed E-state index contributed by atoms with van der Waals surface area (Å²) in [6, 6.07) is 4.08. The van der Waals surface area contributed by atoms with Gasteiger partial charge >= 0.3 is 11.9 Å². The van der Waals surface area contributed by atoms with E-state index in [2.05, 4.69) is 0 Å². The average Bonchev–Trinajstić information content (AvgIpc) is 2.52. The van der Waals surface area contributed by atoms with E-state index in [9.17, 15) is 24.9 Å². The Hall–Kier alpha value is -2.54. The number of phenols is 2. The van der Waals surface area contributed by atoms with Crippen LogP contribution in [0.2, 0.25) is 0 Å². The first-order chi connectivity index (χ1) is 11.2. The van der Waals surface area contributed by atoms with E-state index in [0.717, 1.165) is 6.08 Å². The highest BCUT2D eigenvalue weighted by atomic mass is 16.5. The van der Waals surface area contributed by atoms with E-state index in [-0.39, 0.29) is 30.3 Å². The zero-order chi connectivity index (χ0) is 17.9. The number of hydrogen-bond acceptors (Lipinski definition) is 6. The number of benzene rings is 1. The maximum atomic E-state index is 11.9. The SMILES string of the molecule is C[C@H]1CC[C@](O)(C(=O)O)C[C@H]1OC(=O)/C=C/c1ccc(O)c(O)c1. The second-order valence-corrected chi connectivity index (χ2v) is 6.11. The molecule has 0 heterocycles. The molecule has 0 bridgehead atoms. The Labute approximate surface area is 138 Å². The highest BCUT2D eigenvalue weighted by molar-refractivity contribution is 5.87. The molecule has 0 saturated heterocycles. The normalized spacial score (nSPS) is 27.1. The predicted molar refractivity (Wildman–Crippen MR) is 84.3 cm³/mol. The van der Waals surface area contributed by atoms with Gasteiger partial charge in [0.05, 0.1) is 0 Å². The van der Waals surface area contributed by atoms with Crippen molar-refractivity contribution in [1.29, 1.82) is 0 Å². The minimum absolute atomic E-state index is 0.0558. The number of aliphatic hydroxyl groups is 1. The van der Waals surface area contributed by atoms with E-state index in [0.29, 0.717) is 12.0 Å². The van der Waals surface area contributed by atoms with Gasteiger partial charge in [0.2, 0.25) is 0 Å². The van der Waals surface area contributed by atoms with E-state index >= 15 is 0 Å². The molecule has 0 aliphatic heterocycles. The summed E-state index contributed by atoms with van der Waals surface area (Å²) < 4.78 is 5.26. The predicted octanol–water partition coefficient (Wildman–Crippen LogP) is 1.66. The number of phenolic OH excluding ortho intramolecular Hbond substituents is 2. The highest BCUT2D eigenvalue weighted by Crippen LogP contribution is 2.34. The Kier molecular flexibility index (Phi) is 5.14. The number of carbonyl (C=O) groups is 2. The maximum absolute atomic E-state index is 11.9. The third-order valence-corrected chi connectivity index (χ3v) is 4.26. The van der Waals surface area contributed by atoms with Gasteiger partial charge in [0.15, 0.2) is 17.1 Å². The summed E-state index contributed by atoms with van der Waals surface area (Å²) in [5.41, 5.74) is -1.38. The third kappa shape index (κ3) is 4.05. The Bertz CT molecular complexity index is 667. The molecule has 0 spiro atoms. The molecule has 130 valence electrons. The number of aliphatic carboxylic acids is 1. The Morgan fingerprint density at radius 3 is 2.62 bits per heavy atom. The first-order valence-corrected chi connectivity index (χ1v) is 7.58. The van der Waals surface area contributed by atoms with Gasteiger partial charge in [0.1, 0.15) is 6.10 Å². The van der Waals surface area contributed by atoms with Crippen molar-refractivity contribution >= 4 is 18.0 Å². The van der Waals surface area contributed by atoms with E-state index < -0.39 is 23.6 Å². The van der Waals surface area contributed by atoms with Gasteiger partial charge in [0, 0.05) is 12.5 Å². The lowest BCUT2D eigenvalue weighted by atomic mass is 9.77. The van der Waals surface area contributed by atoms with Gasteiger partial charge in [-0.2, -0.15) is 0 Å². The molecule has 3 atom stereocenters. The molecule has 7 heteroatoms. The van der Waals surface area contributed by atoms with Crippen molar-refractivity contribution in [2.45, 2.75) is 37.9 Å². The molecule has 1 aliphatic carbocycles. The van der Waals surface area contributed by atoms with Gasteiger partial charge in [-0.25, -0.2) is 9.59 Å². The molecular formula is C17H20O7. The minimum Gasteiger partial charge on any atom is -0.504 e. The van der Waals surface area contributed by atoms with Crippen LogP contribution in [0, 0.1) is 5.92 Å². The van der Waals surface area contributed by atoms with Crippen LogP contribution in [-0.4, -0.2) is 44.1 Å². The molecular weight excluding hydrogens is 316 g/mol. The van der Waals surface area contributed by atoms with Crippen LogP contribution in [0.3, 0.4) is 0 Å². The molecule has 0 aromatic heterocycles. The lowest BCUT2D eigenvalue weighted by Gasteiger charge is -2.36. The lowest BCUT2D eigenvalue weighted by Crippen LogP contribution is -2.48. The van der Waals surface area contributed by atoms with Crippen molar-refractivity contribution in [3.8, 4) is 11.5 Å². The number of aromatic hydroxyl groups is 2. The van der Waals surface area contributed by atoms with Crippen molar-refractivity contribution in [3.05, 3.63) is 29.8 Å². The Balaban J connectivity index is 2.01. The Morgan fingerprint density at radius 1 is 1.29 bits per heavy atom. The standard InChI is InChI=1S/C17H20O7/c1-10-6-7-17(23,16(21)22)9-14(10)24-15(20)5-3-11-2-4-12(18)13(19)8-11/h2-5,8,10,14,18-19,23H,6-7,9H2,1H3,(H,21,22)/b5-3+/t10-,14+,17+/m0/s1. The van der Waals surface area contributed by atoms with Crippen LogP contribution in [0.1, 0.15) is 31.7 Å². The number of ether oxygens (including phenoxy) is 1. The summed E-state index contributed by atoms with van der Waals surface area (Å²) in [5, 5.41) is 37.8. The summed E-state index contributed by atoms with van der Waals surface area (Å²) in [5.74, 6) is -2.61. The fourth-order valence-electron chi connectivity index (χ4n) is 2.64. The van der Waals surface area contributed by atoms with Crippen molar-refractivity contribution in [3.63, 3.8) is 0 Å². The Morgan fingerprint density at radius 2 is 2.00 bits per heavy atom. The lowest BCUT2D eigenvalue weighted by molar-refractivity contribution is -0.174. The number of carboxylic acid groups (broad SMARTS) is 1. The quantitative estimate of drug-likeness (QED) is 0.374. The van der Waals surface area contributed by atoms with Gasteiger partial charge in [0.25, 0.3) is 0 Å². The van der Waals surface area contributed by atoms with Gasteiger partial charge in [-0.1, -0.05) is 13.0 Å². The summed E-state index contributed by atoms with van der Waals surface area (Å²) >= 11 is 0. The molecule has 1 aromatic carbocycles. The minimum atomic E-state index is -1.87. The third-order valence-electron chi connectivity index (χ3n) is 4.26. The summed E-state index contributed by atoms with van der Waals surface area (Å²) in [6.45, 7) is 1.83. The molecule has 1 fully saturated rings. The van der Waals surface area contributed by atoms with Crippen LogP contribution < -0.4 is 0 Å². The number of rotatable bonds is 4. The molecule has 0 unspecified atom stereocenters. The molecule has 4 N–H and O–H groups in total. The van der Waals surface area contributed by atoms with Crippen molar-refractivity contribution < 1.29 is 34.8 Å². The van der Waals surface area contributed by atoms with Gasteiger partial charge in [-0.05, 0) is 42.5 Å². The summed E-state index contributed by atoms with van der Waals surface area (Å²) in [6.07, 6.45) is 2.27. The van der Waals surface area contributed by atoms with Crippen LogP contribution in [0.25, 0.3) is 6.08 Å². The van der Waals surface area contributed by atoms with Gasteiger partial charge in [-0.3, -0.25) is 0 Å². The first kappa shape index (κ1) is 17.8. The summed E-state index contributed by atoms with van der Waals surface area (Å²) in [4.78, 5) is 23.0. The van der Waals surface area contributed by atoms with Crippen LogP contribution in [0.4, 0.5) is 0 Å². The molecule has 1 aromatic rings. The monoisotopic (exact) mass is 336 g/mol. The number of carboxylic acids is 1. The average molecular weight is 336 g/mol.